The first-order valence-electron chi connectivity index (χ1n) is 7.07. The predicted octanol–water partition coefficient (Wildman–Crippen LogP) is 3.62. The molecule has 0 unspecified atom stereocenters. The number of benzene rings is 1. The van der Waals surface area contributed by atoms with Crippen LogP contribution in [0.1, 0.15) is 18.9 Å². The molecule has 0 amide bonds. The molecule has 0 fully saturated rings. The maximum absolute atomic E-state index is 13.4. The lowest BCUT2D eigenvalue weighted by Crippen LogP contribution is -2.17. The molecule has 0 aliphatic carbocycles. The van der Waals surface area contributed by atoms with Crippen molar-refractivity contribution < 1.29 is 23.1 Å². The second-order valence-electron chi connectivity index (χ2n) is 4.77. The highest BCUT2D eigenvalue weighted by molar-refractivity contribution is 7.13. The quantitative estimate of drug-likeness (QED) is 0.634. The lowest BCUT2D eigenvalue weighted by Gasteiger charge is -2.10. The number of carbonyl (C=O) groups excluding carboxylic acids is 1. The van der Waals surface area contributed by atoms with E-state index in [1.165, 1.54) is 29.5 Å². The Morgan fingerprint density at radius 2 is 2.12 bits per heavy atom. The predicted molar refractivity (Wildman–Crippen MR) is 84.0 cm³/mol. The van der Waals surface area contributed by atoms with Crippen LogP contribution in [-0.2, 0) is 9.53 Å². The molecule has 0 saturated heterocycles. The van der Waals surface area contributed by atoms with Gasteiger partial charge >= 0.3 is 5.97 Å². The highest BCUT2D eigenvalue weighted by Gasteiger charge is 2.20. The van der Waals surface area contributed by atoms with Gasteiger partial charge < -0.3 is 13.9 Å². The Morgan fingerprint density at radius 3 is 2.88 bits per heavy atom. The van der Waals surface area contributed by atoms with E-state index in [1.54, 1.807) is 13.0 Å². The molecule has 0 aliphatic heterocycles. The number of esters is 1. The Labute approximate surface area is 140 Å². The van der Waals surface area contributed by atoms with E-state index in [9.17, 15) is 9.18 Å². The average Bonchev–Trinajstić information content (AvgIpc) is 3.25. The van der Waals surface area contributed by atoms with Crippen LogP contribution in [0.25, 0.3) is 10.8 Å². The van der Waals surface area contributed by atoms with E-state index in [0.29, 0.717) is 5.89 Å². The van der Waals surface area contributed by atoms with Gasteiger partial charge in [-0.2, -0.15) is 0 Å². The fourth-order valence-electron chi connectivity index (χ4n) is 1.88. The van der Waals surface area contributed by atoms with Crippen molar-refractivity contribution in [2.24, 2.45) is 0 Å². The van der Waals surface area contributed by atoms with Gasteiger partial charge in [-0.1, -0.05) is 18.2 Å². The summed E-state index contributed by atoms with van der Waals surface area (Å²) in [5.41, 5.74) is 0. The Morgan fingerprint density at radius 1 is 1.29 bits per heavy atom. The number of halogens is 1. The zero-order valence-electron chi connectivity index (χ0n) is 12.6. The highest BCUT2D eigenvalue weighted by Crippen LogP contribution is 2.25. The van der Waals surface area contributed by atoms with Crippen molar-refractivity contribution in [1.29, 1.82) is 0 Å². The zero-order chi connectivity index (χ0) is 16.9. The second-order valence-corrected chi connectivity index (χ2v) is 5.72. The fourth-order valence-corrected chi connectivity index (χ4v) is 2.52. The molecule has 0 bridgehead atoms. The van der Waals surface area contributed by atoms with Gasteiger partial charge in [0.05, 0.1) is 4.88 Å². The SMILES string of the molecule is C[C@@H](OC(=O)COc1ccccc1F)c1nnc(-c2cccs2)o1. The van der Waals surface area contributed by atoms with Crippen LogP contribution in [0.5, 0.6) is 5.75 Å². The van der Waals surface area contributed by atoms with Gasteiger partial charge in [0, 0.05) is 0 Å². The van der Waals surface area contributed by atoms with Crippen LogP contribution in [0.3, 0.4) is 0 Å². The Balaban J connectivity index is 1.55. The highest BCUT2D eigenvalue weighted by atomic mass is 32.1. The molecule has 6 nitrogen and oxygen atoms in total. The molecular formula is C16H13FN2O4S. The fraction of sp³-hybridized carbons (Fsp3) is 0.188. The maximum atomic E-state index is 13.4. The van der Waals surface area contributed by atoms with Crippen molar-refractivity contribution in [2.75, 3.05) is 6.61 Å². The van der Waals surface area contributed by atoms with Crippen LogP contribution in [0.2, 0.25) is 0 Å². The van der Waals surface area contributed by atoms with Crippen LogP contribution in [0.4, 0.5) is 4.39 Å². The monoisotopic (exact) mass is 348 g/mol. The third kappa shape index (κ3) is 3.77. The molecular weight excluding hydrogens is 335 g/mol. The van der Waals surface area contributed by atoms with Gasteiger partial charge in [-0.15, -0.1) is 21.5 Å². The van der Waals surface area contributed by atoms with Crippen LogP contribution in [0, 0.1) is 5.82 Å². The first-order chi connectivity index (χ1) is 11.6. The molecule has 3 rings (SSSR count). The minimum Gasteiger partial charge on any atom is -0.479 e. The van der Waals surface area contributed by atoms with Gasteiger partial charge in [0.15, 0.2) is 24.3 Å². The topological polar surface area (TPSA) is 74.5 Å². The Kier molecular flexibility index (Phi) is 4.85. The minimum absolute atomic E-state index is 0.0140. The molecule has 1 atom stereocenters. The van der Waals surface area contributed by atoms with Crippen LogP contribution in [-0.4, -0.2) is 22.8 Å². The van der Waals surface area contributed by atoms with Gasteiger partial charge in [0.25, 0.3) is 11.8 Å². The van der Waals surface area contributed by atoms with Gasteiger partial charge in [-0.05, 0) is 30.5 Å². The van der Waals surface area contributed by atoms with Crippen LogP contribution < -0.4 is 4.74 Å². The van der Waals surface area contributed by atoms with Crippen LogP contribution in [0.15, 0.2) is 46.2 Å². The van der Waals surface area contributed by atoms with Crippen LogP contribution >= 0.6 is 11.3 Å². The molecule has 2 aromatic heterocycles. The van der Waals surface area contributed by atoms with Crippen molar-refractivity contribution >= 4 is 17.3 Å². The Bertz CT molecular complexity index is 819. The molecule has 24 heavy (non-hydrogen) atoms. The Hall–Kier alpha value is -2.74. The molecule has 124 valence electrons. The summed E-state index contributed by atoms with van der Waals surface area (Å²) in [5, 5.41) is 9.67. The largest absolute Gasteiger partial charge is 0.479 e. The number of para-hydroxylation sites is 1. The number of hydrogen-bond donors (Lipinski definition) is 0. The van der Waals surface area contributed by atoms with Gasteiger partial charge in [0.2, 0.25) is 0 Å². The van der Waals surface area contributed by atoms with E-state index in [4.69, 9.17) is 13.9 Å². The van der Waals surface area contributed by atoms with E-state index in [0.717, 1.165) is 4.88 Å². The third-order valence-electron chi connectivity index (χ3n) is 3.01. The van der Waals surface area contributed by atoms with Crippen molar-refractivity contribution in [2.45, 2.75) is 13.0 Å². The maximum Gasteiger partial charge on any atom is 0.344 e. The summed E-state index contributed by atoms with van der Waals surface area (Å²) in [6.07, 6.45) is -0.733. The molecule has 8 heteroatoms. The number of hydrogen-bond acceptors (Lipinski definition) is 7. The molecule has 3 aromatic rings. The minimum atomic E-state index is -0.733. The lowest BCUT2D eigenvalue weighted by atomic mass is 10.3. The number of thiophene rings is 1. The zero-order valence-corrected chi connectivity index (χ0v) is 13.5. The summed E-state index contributed by atoms with van der Waals surface area (Å²) in [6, 6.07) is 9.53. The number of rotatable bonds is 6. The molecule has 0 radical (unpaired) electrons. The van der Waals surface area contributed by atoms with Gasteiger partial charge in [0.1, 0.15) is 0 Å². The summed E-state index contributed by atoms with van der Waals surface area (Å²) in [4.78, 5) is 12.6. The summed E-state index contributed by atoms with van der Waals surface area (Å²) in [7, 11) is 0. The summed E-state index contributed by atoms with van der Waals surface area (Å²) < 4.78 is 29.1. The first-order valence-corrected chi connectivity index (χ1v) is 7.95. The van der Waals surface area contributed by atoms with Gasteiger partial charge in [-0.25, -0.2) is 9.18 Å². The second kappa shape index (κ2) is 7.22. The molecule has 2 heterocycles. The molecule has 0 aliphatic rings. The van der Waals surface area contributed by atoms with Gasteiger partial charge in [-0.3, -0.25) is 0 Å². The normalized spacial score (nSPS) is 11.9. The number of ether oxygens (including phenoxy) is 2. The van der Waals surface area contributed by atoms with E-state index in [1.807, 2.05) is 17.5 Å². The number of carbonyl (C=O) groups is 1. The third-order valence-corrected chi connectivity index (χ3v) is 3.87. The average molecular weight is 348 g/mol. The molecule has 0 N–H and O–H groups in total. The van der Waals surface area contributed by atoms with Crippen molar-refractivity contribution in [1.82, 2.24) is 10.2 Å². The number of aromatic nitrogens is 2. The first kappa shape index (κ1) is 16.1. The number of nitrogens with zero attached hydrogens (tertiary/aromatic N) is 2. The molecule has 0 saturated carbocycles. The van der Waals surface area contributed by atoms with E-state index in [-0.39, 0.29) is 11.6 Å². The summed E-state index contributed by atoms with van der Waals surface area (Å²) in [5.74, 6) is -0.680. The molecule has 0 spiro atoms. The molecule has 1 aromatic carbocycles. The van der Waals surface area contributed by atoms with E-state index in [2.05, 4.69) is 10.2 Å². The summed E-state index contributed by atoms with van der Waals surface area (Å²) >= 11 is 1.46. The standard InChI is InChI=1S/C16H13FN2O4S/c1-10(15-18-19-16(23-15)13-7-4-8-24-13)22-14(20)9-21-12-6-3-2-5-11(12)17/h2-8,10H,9H2,1H3/t10-/m1/s1. The van der Waals surface area contributed by atoms with Crippen molar-refractivity contribution in [3.63, 3.8) is 0 Å². The lowest BCUT2D eigenvalue weighted by molar-refractivity contribution is -0.152. The van der Waals surface area contributed by atoms with E-state index >= 15 is 0 Å². The summed E-state index contributed by atoms with van der Waals surface area (Å²) in [6.45, 7) is 1.18. The van der Waals surface area contributed by atoms with Crippen molar-refractivity contribution in [3.05, 3.63) is 53.5 Å². The van der Waals surface area contributed by atoms with E-state index < -0.39 is 24.5 Å². The smallest absolute Gasteiger partial charge is 0.344 e. The van der Waals surface area contributed by atoms with Crippen molar-refractivity contribution in [3.8, 4) is 16.5 Å².